The highest BCUT2D eigenvalue weighted by Crippen LogP contribution is 2.34. The number of anilines is 2. The number of nitriles is 1. The van der Waals surface area contributed by atoms with E-state index in [0.29, 0.717) is 40.5 Å². The fourth-order valence-corrected chi connectivity index (χ4v) is 5.33. The zero-order valence-corrected chi connectivity index (χ0v) is 22.6. The van der Waals surface area contributed by atoms with Crippen molar-refractivity contribution in [2.24, 2.45) is 0 Å². The molecular formula is C28H24Cl2N6O3. The molecule has 1 unspecified atom stereocenters. The van der Waals surface area contributed by atoms with Crippen LogP contribution in [-0.4, -0.2) is 43.8 Å². The molecule has 2 aromatic carbocycles. The number of aromatic carboxylic acids is 1. The second kappa shape index (κ2) is 10.7. The summed E-state index contributed by atoms with van der Waals surface area (Å²) in [5.74, 6) is -0.839. The summed E-state index contributed by atoms with van der Waals surface area (Å²) in [6.45, 7) is 4.07. The van der Waals surface area contributed by atoms with Gasteiger partial charge in [0.05, 0.1) is 35.4 Å². The molecule has 4 aromatic rings. The van der Waals surface area contributed by atoms with Crippen molar-refractivity contribution in [2.75, 3.05) is 16.8 Å². The summed E-state index contributed by atoms with van der Waals surface area (Å²) < 4.78 is 0. The number of hydrogen-bond donors (Lipinski definition) is 3. The number of carboxylic acid groups (broad SMARTS) is 1. The van der Waals surface area contributed by atoms with E-state index >= 15 is 0 Å². The van der Waals surface area contributed by atoms with Crippen LogP contribution >= 0.6 is 23.2 Å². The Morgan fingerprint density at radius 2 is 1.97 bits per heavy atom. The number of carboxylic acids is 1. The molecule has 0 saturated heterocycles. The molecule has 39 heavy (non-hydrogen) atoms. The Balaban J connectivity index is 1.62. The van der Waals surface area contributed by atoms with E-state index in [-0.39, 0.29) is 29.2 Å². The van der Waals surface area contributed by atoms with Gasteiger partial charge in [0.25, 0.3) is 0 Å². The van der Waals surface area contributed by atoms with Crippen molar-refractivity contribution in [3.8, 4) is 6.07 Å². The smallest absolute Gasteiger partial charge is 0.356 e. The molecule has 0 amide bonds. The quantitative estimate of drug-likeness (QED) is 0.267. The second-order valence-corrected chi connectivity index (χ2v) is 10.3. The van der Waals surface area contributed by atoms with Crippen LogP contribution in [0.15, 0.2) is 42.5 Å². The van der Waals surface area contributed by atoms with Crippen LogP contribution in [-0.2, 0) is 13.0 Å². The van der Waals surface area contributed by atoms with Gasteiger partial charge in [-0.2, -0.15) is 5.26 Å². The first-order valence-electron chi connectivity index (χ1n) is 12.2. The molecule has 0 radical (unpaired) electrons. The number of hydrogen-bond acceptors (Lipinski definition) is 8. The first-order chi connectivity index (χ1) is 18.7. The Bertz CT molecular complexity index is 1660. The topological polar surface area (TPSA) is 135 Å². The number of aromatic nitrogens is 3. The highest BCUT2D eigenvalue weighted by atomic mass is 35.5. The van der Waals surface area contributed by atoms with Gasteiger partial charge >= 0.3 is 5.97 Å². The Morgan fingerprint density at radius 3 is 2.69 bits per heavy atom. The summed E-state index contributed by atoms with van der Waals surface area (Å²) in [4.78, 5) is 27.2. The van der Waals surface area contributed by atoms with Gasteiger partial charge in [0, 0.05) is 17.1 Å². The Kier molecular flexibility index (Phi) is 7.28. The lowest BCUT2D eigenvalue weighted by Gasteiger charge is -2.37. The van der Waals surface area contributed by atoms with Gasteiger partial charge in [-0.05, 0) is 67.3 Å². The molecule has 0 saturated carbocycles. The predicted octanol–water partition coefficient (Wildman–Crippen LogP) is 5.31. The molecule has 1 aliphatic rings. The summed E-state index contributed by atoms with van der Waals surface area (Å²) >= 11 is 12.2. The fraction of sp³-hybridized carbons (Fsp3) is 0.250. The highest BCUT2D eigenvalue weighted by molar-refractivity contribution is 6.30. The molecule has 5 rings (SSSR count). The second-order valence-electron chi connectivity index (χ2n) is 9.51. The van der Waals surface area contributed by atoms with E-state index in [9.17, 15) is 20.3 Å². The SMILES string of the molecule is Cc1cc([C@@H](C)Nc2ccc(Cl)nc2C(=O)O)c2nc(N3Cc4cc(Cl)ccc4CC3CO)c(C#N)nc2c1. The predicted molar refractivity (Wildman–Crippen MR) is 149 cm³/mol. The number of fused-ring (bicyclic) bond motifs is 2. The van der Waals surface area contributed by atoms with Crippen LogP contribution < -0.4 is 10.2 Å². The van der Waals surface area contributed by atoms with E-state index in [4.69, 9.17) is 28.2 Å². The van der Waals surface area contributed by atoms with Gasteiger partial charge in [-0.3, -0.25) is 0 Å². The van der Waals surface area contributed by atoms with Crippen LogP contribution in [0, 0.1) is 18.3 Å². The minimum absolute atomic E-state index is 0.0778. The molecule has 0 fully saturated rings. The summed E-state index contributed by atoms with van der Waals surface area (Å²) in [5.41, 5.74) is 5.10. The minimum atomic E-state index is -1.21. The number of carbonyl (C=O) groups is 1. The number of aliphatic hydroxyl groups excluding tert-OH is 1. The zero-order valence-electron chi connectivity index (χ0n) is 21.1. The van der Waals surface area contributed by atoms with Gasteiger partial charge in [-0.15, -0.1) is 0 Å². The van der Waals surface area contributed by atoms with E-state index in [0.717, 1.165) is 22.3 Å². The van der Waals surface area contributed by atoms with E-state index in [2.05, 4.69) is 21.4 Å². The number of halogens is 2. The van der Waals surface area contributed by atoms with Gasteiger partial charge in [-0.1, -0.05) is 35.3 Å². The number of nitrogens with one attached hydrogen (secondary N) is 1. The average Bonchev–Trinajstić information content (AvgIpc) is 2.91. The number of pyridine rings is 1. The standard InChI is InChI=1S/C28H24Cl2N6O3/c1-14-7-20(15(2)32-21-5-6-24(30)34-26(21)28(38)39)25-22(8-14)33-23(11-31)27(35-25)36-12-17-9-18(29)4-3-16(17)10-19(36)13-37/h3-9,15,19,32,37H,10,12-13H2,1-2H3,(H,38,39)/t15-,19?/m1/s1. The lowest BCUT2D eigenvalue weighted by molar-refractivity contribution is 0.0691. The molecular weight excluding hydrogens is 539 g/mol. The fourth-order valence-electron chi connectivity index (χ4n) is 4.98. The largest absolute Gasteiger partial charge is 0.476 e. The molecule has 11 heteroatoms. The number of rotatable bonds is 6. The first-order valence-corrected chi connectivity index (χ1v) is 13.0. The van der Waals surface area contributed by atoms with Gasteiger partial charge in [-0.25, -0.2) is 19.7 Å². The summed E-state index contributed by atoms with van der Waals surface area (Å²) in [6, 6.07) is 14.0. The zero-order chi connectivity index (χ0) is 27.8. The molecule has 0 spiro atoms. The van der Waals surface area contributed by atoms with Crippen molar-refractivity contribution in [3.05, 3.63) is 86.3 Å². The maximum atomic E-state index is 11.8. The third-order valence-corrected chi connectivity index (χ3v) is 7.27. The third-order valence-electron chi connectivity index (χ3n) is 6.82. The van der Waals surface area contributed by atoms with E-state index in [1.807, 2.05) is 49.1 Å². The maximum Gasteiger partial charge on any atom is 0.356 e. The number of nitrogens with zero attached hydrogens (tertiary/aromatic N) is 5. The highest BCUT2D eigenvalue weighted by Gasteiger charge is 2.30. The van der Waals surface area contributed by atoms with Crippen molar-refractivity contribution in [1.82, 2.24) is 15.0 Å². The molecule has 1 aliphatic heterocycles. The van der Waals surface area contributed by atoms with Crippen molar-refractivity contribution in [3.63, 3.8) is 0 Å². The van der Waals surface area contributed by atoms with E-state index in [1.165, 1.54) is 6.07 Å². The average molecular weight is 563 g/mol. The number of aryl methyl sites for hydroxylation is 1. The van der Waals surface area contributed by atoms with E-state index in [1.54, 1.807) is 6.07 Å². The Morgan fingerprint density at radius 1 is 1.18 bits per heavy atom. The van der Waals surface area contributed by atoms with Crippen molar-refractivity contribution < 1.29 is 15.0 Å². The molecule has 9 nitrogen and oxygen atoms in total. The first kappa shape index (κ1) is 26.6. The number of aliphatic hydroxyl groups is 1. The Labute approximate surface area is 234 Å². The maximum absolute atomic E-state index is 11.8. The summed E-state index contributed by atoms with van der Waals surface area (Å²) in [7, 11) is 0. The van der Waals surface area contributed by atoms with Crippen LogP contribution in [0.4, 0.5) is 11.5 Å². The molecule has 198 valence electrons. The van der Waals surface area contributed by atoms with Crippen molar-refractivity contribution in [1.29, 1.82) is 5.26 Å². The van der Waals surface area contributed by atoms with Crippen LogP contribution in [0.25, 0.3) is 11.0 Å². The van der Waals surface area contributed by atoms with Crippen LogP contribution in [0.3, 0.4) is 0 Å². The van der Waals surface area contributed by atoms with Crippen LogP contribution in [0.2, 0.25) is 10.2 Å². The molecule has 0 bridgehead atoms. The summed E-state index contributed by atoms with van der Waals surface area (Å²) in [5, 5.41) is 33.8. The lowest BCUT2D eigenvalue weighted by Crippen LogP contribution is -2.43. The van der Waals surface area contributed by atoms with Gasteiger partial charge < -0.3 is 20.4 Å². The van der Waals surface area contributed by atoms with Gasteiger partial charge in [0.2, 0.25) is 0 Å². The molecule has 3 N–H and O–H groups in total. The molecule has 2 aromatic heterocycles. The summed E-state index contributed by atoms with van der Waals surface area (Å²) in [6.07, 6.45) is 0.563. The molecule has 0 aliphatic carbocycles. The normalized spacial score (nSPS) is 15.5. The van der Waals surface area contributed by atoms with Gasteiger partial charge in [0.15, 0.2) is 17.2 Å². The van der Waals surface area contributed by atoms with Crippen LogP contribution in [0.1, 0.15) is 51.4 Å². The minimum Gasteiger partial charge on any atom is -0.476 e. The molecule has 2 atom stereocenters. The van der Waals surface area contributed by atoms with Gasteiger partial charge in [0.1, 0.15) is 11.2 Å². The number of benzene rings is 2. The van der Waals surface area contributed by atoms with Crippen LogP contribution in [0.5, 0.6) is 0 Å². The van der Waals surface area contributed by atoms with Crippen molar-refractivity contribution in [2.45, 2.75) is 38.9 Å². The molecule has 3 heterocycles. The lowest BCUT2D eigenvalue weighted by atomic mass is 9.94. The Hall–Kier alpha value is -3.97. The monoisotopic (exact) mass is 562 g/mol. The van der Waals surface area contributed by atoms with Crippen molar-refractivity contribution >= 4 is 51.7 Å². The van der Waals surface area contributed by atoms with E-state index < -0.39 is 12.0 Å². The third kappa shape index (κ3) is 5.19.